The summed E-state index contributed by atoms with van der Waals surface area (Å²) in [4.78, 5) is 10.6. The van der Waals surface area contributed by atoms with Crippen molar-refractivity contribution in [1.82, 2.24) is 0 Å². The molecule has 8 heteroatoms. The largest absolute Gasteiger partial charge is 0.369 e. The van der Waals surface area contributed by atoms with E-state index >= 15 is 0 Å². The zero-order chi connectivity index (χ0) is 11.8. The molecule has 1 nitrogen and oxygen atoms in total. The van der Waals surface area contributed by atoms with Crippen molar-refractivity contribution in [3.8, 4) is 0 Å². The van der Waals surface area contributed by atoms with Gasteiger partial charge in [0.05, 0.1) is 8.66 Å². The molecule has 1 heterocycles. The lowest BCUT2D eigenvalue weighted by molar-refractivity contribution is -0.0956. The normalized spacial score (nSPS) is 12.2. The van der Waals surface area contributed by atoms with Crippen LogP contribution in [0.2, 0.25) is 0 Å². The van der Waals surface area contributed by atoms with Crippen LogP contribution in [0.4, 0.5) is 17.6 Å². The Kier molecular flexibility index (Phi) is 3.94. The lowest BCUT2D eigenvalue weighted by Gasteiger charge is -2.11. The summed E-state index contributed by atoms with van der Waals surface area (Å²) in [7, 11) is 0. The molecule has 0 spiro atoms. The predicted molar refractivity (Wildman–Crippen MR) is 55.0 cm³/mol. The van der Waals surface area contributed by atoms with Gasteiger partial charge in [-0.15, -0.1) is 11.3 Å². The third-order valence-electron chi connectivity index (χ3n) is 1.45. The number of hydrogen-bond acceptors (Lipinski definition) is 2. The van der Waals surface area contributed by atoms with Crippen LogP contribution >= 0.6 is 43.2 Å². The van der Waals surface area contributed by atoms with Crippen LogP contribution in [0.25, 0.3) is 0 Å². The van der Waals surface area contributed by atoms with E-state index in [0.717, 1.165) is 6.07 Å². The third-order valence-corrected chi connectivity index (χ3v) is 4.70. The van der Waals surface area contributed by atoms with Gasteiger partial charge in [-0.05, 0) is 37.9 Å². The smallest absolute Gasteiger partial charge is 0.286 e. The first-order valence-corrected chi connectivity index (χ1v) is 5.82. The highest BCUT2D eigenvalue weighted by atomic mass is 79.9. The molecule has 0 radical (unpaired) electrons. The van der Waals surface area contributed by atoms with Crippen LogP contribution in [0.15, 0.2) is 14.3 Å². The van der Waals surface area contributed by atoms with Gasteiger partial charge >= 0.3 is 12.3 Å². The minimum atomic E-state index is -4.64. The van der Waals surface area contributed by atoms with E-state index in [1.807, 2.05) is 0 Å². The molecule has 0 bridgehead atoms. The Morgan fingerprint density at radius 2 is 1.93 bits per heavy atom. The second-order valence-electron chi connectivity index (χ2n) is 2.49. The highest BCUT2D eigenvalue weighted by molar-refractivity contribution is 9.13. The van der Waals surface area contributed by atoms with E-state index < -0.39 is 23.0 Å². The number of hydrogen-bond donors (Lipinski definition) is 0. The van der Waals surface area contributed by atoms with Crippen LogP contribution in [0.3, 0.4) is 0 Å². The maximum absolute atomic E-state index is 12.6. The van der Waals surface area contributed by atoms with Gasteiger partial charge < -0.3 is 0 Å². The van der Waals surface area contributed by atoms with E-state index in [2.05, 4.69) is 31.9 Å². The minimum absolute atomic E-state index is 0.376. The van der Waals surface area contributed by atoms with Gasteiger partial charge in [0.1, 0.15) is 0 Å². The number of carbonyl (C=O) groups is 1. The highest BCUT2D eigenvalue weighted by Crippen LogP contribution is 2.36. The number of rotatable bonds is 3. The van der Waals surface area contributed by atoms with Crippen LogP contribution in [0.5, 0.6) is 0 Å². The standard InChI is InChI=1S/C7H2Br2F4OS/c8-2-1-3(15-5(2)9)4(14)7(12,13)6(10)11/h1,6H. The zero-order valence-corrected chi connectivity index (χ0v) is 10.7. The van der Waals surface area contributed by atoms with E-state index in [1.165, 1.54) is 0 Å². The number of ketones is 1. The van der Waals surface area contributed by atoms with Crippen molar-refractivity contribution in [3.05, 3.63) is 19.2 Å². The fourth-order valence-electron chi connectivity index (χ4n) is 0.722. The molecule has 0 N–H and O–H groups in total. The highest BCUT2D eigenvalue weighted by Gasteiger charge is 2.49. The summed E-state index contributed by atoms with van der Waals surface area (Å²) in [5, 5.41) is 0. The van der Waals surface area contributed by atoms with Crippen molar-refractivity contribution in [2.75, 3.05) is 0 Å². The molecule has 84 valence electrons. The molecule has 0 aliphatic heterocycles. The first kappa shape index (κ1) is 13.1. The molecule has 0 aliphatic rings. The molecule has 0 saturated carbocycles. The molecule has 0 fully saturated rings. The van der Waals surface area contributed by atoms with Gasteiger partial charge in [0.15, 0.2) is 0 Å². The molecular weight excluding hydrogens is 368 g/mol. The average Bonchev–Trinajstić information content (AvgIpc) is 2.45. The first-order chi connectivity index (χ1) is 6.76. The lowest BCUT2D eigenvalue weighted by atomic mass is 10.2. The SMILES string of the molecule is O=C(c1cc(Br)c(Br)s1)C(F)(F)C(F)F. The van der Waals surface area contributed by atoms with Crippen molar-refractivity contribution in [2.24, 2.45) is 0 Å². The van der Waals surface area contributed by atoms with Gasteiger partial charge in [-0.1, -0.05) is 0 Å². The minimum Gasteiger partial charge on any atom is -0.286 e. The quantitative estimate of drug-likeness (QED) is 0.571. The Hall–Kier alpha value is 0.0500. The van der Waals surface area contributed by atoms with Gasteiger partial charge in [0.25, 0.3) is 0 Å². The van der Waals surface area contributed by atoms with Crippen LogP contribution in [-0.4, -0.2) is 18.1 Å². The Morgan fingerprint density at radius 1 is 1.40 bits per heavy atom. The average molecular weight is 370 g/mol. The maximum atomic E-state index is 12.6. The van der Waals surface area contributed by atoms with Gasteiger partial charge in [-0.2, -0.15) is 8.78 Å². The predicted octanol–water partition coefficient (Wildman–Crippen LogP) is 4.36. The Bertz CT molecular complexity index is 371. The van der Waals surface area contributed by atoms with Crippen LogP contribution < -0.4 is 0 Å². The fraction of sp³-hybridized carbons (Fsp3) is 0.286. The van der Waals surface area contributed by atoms with Crippen molar-refractivity contribution in [1.29, 1.82) is 0 Å². The molecule has 0 amide bonds. The monoisotopic (exact) mass is 368 g/mol. The Labute approximate surface area is 103 Å². The van der Waals surface area contributed by atoms with Crippen molar-refractivity contribution in [2.45, 2.75) is 12.3 Å². The molecule has 0 unspecified atom stereocenters. The third kappa shape index (κ3) is 2.59. The molecule has 0 aromatic carbocycles. The lowest BCUT2D eigenvalue weighted by Crippen LogP contribution is -2.36. The summed E-state index contributed by atoms with van der Waals surface area (Å²) >= 11 is 6.62. The molecule has 0 saturated heterocycles. The first-order valence-electron chi connectivity index (χ1n) is 3.42. The number of thiophene rings is 1. The number of halogens is 6. The van der Waals surface area contributed by atoms with E-state index in [4.69, 9.17) is 0 Å². The number of Topliss-reactive ketones (excluding diaryl/α,β-unsaturated/α-hetero) is 1. The van der Waals surface area contributed by atoms with Crippen molar-refractivity contribution in [3.63, 3.8) is 0 Å². The molecule has 0 aliphatic carbocycles. The Morgan fingerprint density at radius 3 is 2.27 bits per heavy atom. The summed E-state index contributed by atoms with van der Waals surface area (Å²) in [5.41, 5.74) is 0. The fourth-order valence-corrected chi connectivity index (χ4v) is 2.74. The Balaban J connectivity index is 3.05. The second-order valence-corrected chi connectivity index (χ2v) is 5.71. The number of alkyl halides is 4. The summed E-state index contributed by atoms with van der Waals surface area (Å²) < 4.78 is 49.8. The summed E-state index contributed by atoms with van der Waals surface area (Å²) in [6.07, 6.45) is -4.00. The van der Waals surface area contributed by atoms with Gasteiger partial charge in [-0.3, -0.25) is 4.79 Å². The molecule has 15 heavy (non-hydrogen) atoms. The van der Waals surface area contributed by atoms with E-state index in [1.54, 1.807) is 0 Å². The van der Waals surface area contributed by atoms with E-state index in [-0.39, 0.29) is 0 Å². The summed E-state index contributed by atoms with van der Waals surface area (Å²) in [5.74, 6) is -6.50. The van der Waals surface area contributed by atoms with Gasteiger partial charge in [-0.25, -0.2) is 8.78 Å². The van der Waals surface area contributed by atoms with Crippen LogP contribution in [0, 0.1) is 0 Å². The molecular formula is C7H2Br2F4OS. The number of carbonyl (C=O) groups excluding carboxylic acids is 1. The summed E-state index contributed by atoms with van der Waals surface area (Å²) in [6, 6.07) is 1.08. The summed E-state index contributed by atoms with van der Waals surface area (Å²) in [6.45, 7) is 0. The molecule has 0 atom stereocenters. The zero-order valence-electron chi connectivity index (χ0n) is 6.74. The topological polar surface area (TPSA) is 17.1 Å². The van der Waals surface area contributed by atoms with Gasteiger partial charge in [0.2, 0.25) is 5.78 Å². The van der Waals surface area contributed by atoms with Crippen LogP contribution in [0.1, 0.15) is 9.67 Å². The molecule has 1 aromatic heterocycles. The van der Waals surface area contributed by atoms with Crippen molar-refractivity contribution >= 4 is 49.0 Å². The van der Waals surface area contributed by atoms with Crippen LogP contribution in [-0.2, 0) is 0 Å². The van der Waals surface area contributed by atoms with Crippen molar-refractivity contribution < 1.29 is 22.4 Å². The molecule has 1 aromatic rings. The van der Waals surface area contributed by atoms with Gasteiger partial charge in [0, 0.05) is 4.47 Å². The van der Waals surface area contributed by atoms with E-state index in [0.29, 0.717) is 19.6 Å². The van der Waals surface area contributed by atoms with E-state index in [9.17, 15) is 22.4 Å². The second kappa shape index (κ2) is 4.50. The maximum Gasteiger partial charge on any atom is 0.369 e. The molecule has 1 rings (SSSR count).